The fourth-order valence-corrected chi connectivity index (χ4v) is 7.22. The fourth-order valence-electron chi connectivity index (χ4n) is 7.22. The normalized spacial score (nSPS) is 21.6. The molecule has 0 saturated carbocycles. The van der Waals surface area contributed by atoms with Gasteiger partial charge in [-0.05, 0) is 25.7 Å². The van der Waals surface area contributed by atoms with Crippen LogP contribution in [0, 0.1) is 0 Å². The molecule has 55 heavy (non-hydrogen) atoms. The van der Waals surface area contributed by atoms with E-state index in [4.69, 9.17) is 9.47 Å². The minimum Gasteiger partial charge on any atom is -0.394 e. The van der Waals surface area contributed by atoms with Gasteiger partial charge < -0.3 is 50.7 Å². The molecule has 0 radical (unpaired) electrons. The third-order valence-corrected chi connectivity index (χ3v) is 11.0. The fraction of sp³-hybridized carbons (Fsp3) is 0.953. The average Bonchev–Trinajstić information content (AvgIpc) is 3.18. The van der Waals surface area contributed by atoms with E-state index in [2.05, 4.69) is 24.5 Å². The molecule has 0 aliphatic carbocycles. The van der Waals surface area contributed by atoms with Crippen LogP contribution in [0.1, 0.15) is 194 Å². The van der Waals surface area contributed by atoms with Gasteiger partial charge in [0.05, 0.1) is 25.4 Å². The zero-order chi connectivity index (χ0) is 40.5. The van der Waals surface area contributed by atoms with Crippen LogP contribution in [0.3, 0.4) is 0 Å². The maximum absolute atomic E-state index is 13.0. The number of unbranched alkanes of at least 4 members (excludes halogenated alkanes) is 22. The summed E-state index contributed by atoms with van der Waals surface area (Å²) in [5.74, 6) is -0.129. The topological polar surface area (TPSA) is 198 Å². The van der Waals surface area contributed by atoms with Gasteiger partial charge in [0, 0.05) is 19.4 Å². The number of carbonyl (C=O) groups excluding carboxylic acids is 2. The quantitative estimate of drug-likeness (QED) is 0.0341. The van der Waals surface area contributed by atoms with Crippen LogP contribution in [-0.2, 0) is 19.1 Å². The van der Waals surface area contributed by atoms with Crippen LogP contribution in [0.4, 0.5) is 0 Å². The molecule has 326 valence electrons. The molecule has 2 amide bonds. The van der Waals surface area contributed by atoms with Crippen LogP contribution in [0.2, 0.25) is 0 Å². The second-order valence-electron chi connectivity index (χ2n) is 16.0. The molecule has 0 aromatic rings. The summed E-state index contributed by atoms with van der Waals surface area (Å²) < 4.78 is 11.1. The molecule has 1 fully saturated rings. The summed E-state index contributed by atoms with van der Waals surface area (Å²) in [6.45, 7) is 4.23. The molecule has 1 saturated heterocycles. The van der Waals surface area contributed by atoms with Gasteiger partial charge in [-0.25, -0.2) is 0 Å². The number of amides is 2. The maximum Gasteiger partial charge on any atom is 0.220 e. The first-order valence-electron chi connectivity index (χ1n) is 22.5. The van der Waals surface area contributed by atoms with Crippen LogP contribution in [0.15, 0.2) is 0 Å². The third kappa shape index (κ3) is 25.6. The molecule has 3 unspecified atom stereocenters. The highest BCUT2D eigenvalue weighted by Crippen LogP contribution is 2.23. The van der Waals surface area contributed by atoms with Gasteiger partial charge in [0.25, 0.3) is 0 Å². The predicted octanol–water partition coefficient (Wildman–Crippen LogP) is 6.09. The summed E-state index contributed by atoms with van der Waals surface area (Å²) in [7, 11) is 0. The van der Waals surface area contributed by atoms with E-state index in [0.717, 1.165) is 90.0 Å². The minimum atomic E-state index is -1.62. The number of nitrogens with one attached hydrogen (secondary N) is 2. The molecule has 1 heterocycles. The summed E-state index contributed by atoms with van der Waals surface area (Å²) in [5, 5.41) is 68.0. The number of rotatable bonds is 37. The Balaban J connectivity index is 2.40. The molecule has 12 nitrogen and oxygen atoms in total. The Morgan fingerprint density at radius 3 is 1.56 bits per heavy atom. The lowest BCUT2D eigenvalue weighted by atomic mass is 9.98. The Labute approximate surface area is 333 Å². The Morgan fingerprint density at radius 2 is 1.05 bits per heavy atom. The van der Waals surface area contributed by atoms with Crippen molar-refractivity contribution in [2.45, 2.75) is 243 Å². The van der Waals surface area contributed by atoms with Crippen molar-refractivity contribution in [1.29, 1.82) is 0 Å². The van der Waals surface area contributed by atoms with Gasteiger partial charge >= 0.3 is 0 Å². The number of hydrogen-bond donors (Lipinski definition) is 8. The first kappa shape index (κ1) is 51.6. The molecule has 12 heteroatoms. The van der Waals surface area contributed by atoms with E-state index in [-0.39, 0.29) is 24.8 Å². The number of ether oxygens (including phenoxy) is 2. The van der Waals surface area contributed by atoms with Crippen molar-refractivity contribution in [2.75, 3.05) is 19.8 Å². The highest BCUT2D eigenvalue weighted by molar-refractivity contribution is 5.76. The zero-order valence-electron chi connectivity index (χ0n) is 34.9. The molecular weight excluding hydrogens is 704 g/mol. The maximum atomic E-state index is 13.0. The number of carbonyl (C=O) groups is 2. The van der Waals surface area contributed by atoms with Gasteiger partial charge in [0.1, 0.15) is 30.5 Å². The van der Waals surface area contributed by atoms with Crippen molar-refractivity contribution in [3.63, 3.8) is 0 Å². The van der Waals surface area contributed by atoms with E-state index in [1.54, 1.807) is 0 Å². The van der Waals surface area contributed by atoms with E-state index in [0.29, 0.717) is 19.3 Å². The summed E-state index contributed by atoms with van der Waals surface area (Å²) in [4.78, 5) is 24.9. The Bertz CT molecular complexity index is 913. The molecule has 1 aliphatic rings. The standard InChI is InChI=1S/C43H84N2O10/c1-3-5-7-9-10-11-12-13-14-17-21-24-28-35(47)39(50)34(33-54-43-42(53)41(52)40(51)36(32-46)55-43)45-38(49)30-26-22-18-15-16-19-23-27-31-44-37(48)29-25-20-8-6-4-2/h34-36,39-43,46-47,50-53H,3-33H2,1-2H3,(H,44,48)(H,45,49)/t34?,35?,36-,39?,40+,41+,42-,43+/m1/s1. The van der Waals surface area contributed by atoms with Crippen molar-refractivity contribution in [3.8, 4) is 0 Å². The molecule has 1 rings (SSSR count). The summed E-state index contributed by atoms with van der Waals surface area (Å²) in [6, 6.07) is -1.01. The van der Waals surface area contributed by atoms with Gasteiger partial charge in [0.2, 0.25) is 11.8 Å². The minimum absolute atomic E-state index is 0.161. The van der Waals surface area contributed by atoms with Crippen molar-refractivity contribution in [2.24, 2.45) is 0 Å². The Morgan fingerprint density at radius 1 is 0.600 bits per heavy atom. The third-order valence-electron chi connectivity index (χ3n) is 11.0. The van der Waals surface area contributed by atoms with Crippen LogP contribution in [-0.4, -0.2) is 111 Å². The van der Waals surface area contributed by atoms with E-state index in [1.807, 2.05) is 0 Å². The van der Waals surface area contributed by atoms with Crippen LogP contribution < -0.4 is 10.6 Å². The Hall–Kier alpha value is -1.38. The van der Waals surface area contributed by atoms with Crippen molar-refractivity contribution >= 4 is 11.8 Å². The van der Waals surface area contributed by atoms with E-state index < -0.39 is 55.6 Å². The summed E-state index contributed by atoms with van der Waals surface area (Å²) in [6.07, 6.45) is 19.3. The Kier molecular flexibility index (Phi) is 32.5. The van der Waals surface area contributed by atoms with Gasteiger partial charge in [-0.3, -0.25) is 9.59 Å². The van der Waals surface area contributed by atoms with Gasteiger partial charge in [-0.15, -0.1) is 0 Å². The zero-order valence-corrected chi connectivity index (χ0v) is 34.9. The number of aliphatic hydroxyl groups is 6. The van der Waals surface area contributed by atoms with Crippen molar-refractivity contribution in [3.05, 3.63) is 0 Å². The van der Waals surface area contributed by atoms with E-state index in [9.17, 15) is 40.2 Å². The van der Waals surface area contributed by atoms with Gasteiger partial charge in [-0.1, -0.05) is 155 Å². The second kappa shape index (κ2) is 34.6. The highest BCUT2D eigenvalue weighted by Gasteiger charge is 2.44. The molecule has 0 spiro atoms. The van der Waals surface area contributed by atoms with Crippen molar-refractivity contribution in [1.82, 2.24) is 10.6 Å². The number of aliphatic hydroxyl groups excluding tert-OH is 6. The largest absolute Gasteiger partial charge is 0.394 e. The summed E-state index contributed by atoms with van der Waals surface area (Å²) >= 11 is 0. The second-order valence-corrected chi connectivity index (χ2v) is 16.0. The highest BCUT2D eigenvalue weighted by atomic mass is 16.7. The molecule has 1 aliphatic heterocycles. The van der Waals surface area contributed by atoms with Crippen LogP contribution >= 0.6 is 0 Å². The first-order chi connectivity index (χ1) is 26.7. The lowest BCUT2D eigenvalue weighted by molar-refractivity contribution is -0.303. The van der Waals surface area contributed by atoms with Crippen LogP contribution in [0.5, 0.6) is 0 Å². The molecule has 8 atom stereocenters. The number of hydrogen-bond acceptors (Lipinski definition) is 10. The predicted molar refractivity (Wildman–Crippen MR) is 217 cm³/mol. The molecular formula is C43H84N2O10. The molecule has 8 N–H and O–H groups in total. The molecule has 0 aromatic carbocycles. The molecule has 0 aromatic heterocycles. The smallest absolute Gasteiger partial charge is 0.220 e. The van der Waals surface area contributed by atoms with Crippen molar-refractivity contribution < 1.29 is 49.7 Å². The SMILES string of the molecule is CCCCCCCCCCCCCCC(O)C(O)C(CO[C@H]1O[C@H](CO)[C@H](O)[C@H](O)[C@H]1O)NC(=O)CCCCCCCCCCNC(=O)CCCCCCC. The van der Waals surface area contributed by atoms with E-state index in [1.165, 1.54) is 70.6 Å². The lowest BCUT2D eigenvalue weighted by Gasteiger charge is -2.40. The molecule has 0 bridgehead atoms. The van der Waals surface area contributed by atoms with E-state index >= 15 is 0 Å². The lowest BCUT2D eigenvalue weighted by Crippen LogP contribution is -2.60. The van der Waals surface area contributed by atoms with Gasteiger partial charge in [0.15, 0.2) is 6.29 Å². The average molecular weight is 789 g/mol. The monoisotopic (exact) mass is 789 g/mol. The summed E-state index contributed by atoms with van der Waals surface area (Å²) in [5.41, 5.74) is 0. The van der Waals surface area contributed by atoms with Gasteiger partial charge in [-0.2, -0.15) is 0 Å². The first-order valence-corrected chi connectivity index (χ1v) is 22.5. The van der Waals surface area contributed by atoms with Crippen LogP contribution in [0.25, 0.3) is 0 Å².